The van der Waals surface area contributed by atoms with Crippen molar-refractivity contribution in [3.05, 3.63) is 0 Å². The largest absolute Gasteiger partial charge is 0.341 e. The van der Waals surface area contributed by atoms with Crippen molar-refractivity contribution < 1.29 is 0 Å². The van der Waals surface area contributed by atoms with Crippen LogP contribution in [-0.4, -0.2) is 54.2 Å². The first kappa shape index (κ1) is 41.4. The third-order valence-electron chi connectivity index (χ3n) is 9.14. The van der Waals surface area contributed by atoms with Crippen LogP contribution in [0.1, 0.15) is 196 Å². The molecule has 0 aromatic carbocycles. The molecule has 0 saturated carbocycles. The van der Waals surface area contributed by atoms with Gasteiger partial charge in [-0.2, -0.15) is 15.0 Å². The van der Waals surface area contributed by atoms with Gasteiger partial charge in [0.05, 0.1) is 0 Å². The van der Waals surface area contributed by atoms with Gasteiger partial charge in [-0.05, 0) is 38.5 Å². The van der Waals surface area contributed by atoms with Gasteiger partial charge < -0.3 is 14.7 Å². The van der Waals surface area contributed by atoms with Crippen LogP contribution >= 0.6 is 0 Å². The number of unbranched alkanes of at least 4 members (excludes halogenated alkanes) is 18. The van der Waals surface area contributed by atoms with Gasteiger partial charge in [-0.15, -0.1) is 0 Å². The van der Waals surface area contributed by atoms with Crippen LogP contribution in [0.15, 0.2) is 0 Å². The number of hydrogen-bond acceptors (Lipinski definition) is 6. The quantitative estimate of drug-likeness (QED) is 0.0720. The van der Waals surface area contributed by atoms with E-state index in [1.54, 1.807) is 0 Å². The summed E-state index contributed by atoms with van der Waals surface area (Å²) in [5.74, 6) is 2.80. The van der Waals surface area contributed by atoms with Crippen LogP contribution in [0.4, 0.5) is 17.8 Å². The lowest BCUT2D eigenvalue weighted by atomic mass is 10.1. The Hall–Kier alpha value is -1.59. The summed E-state index contributed by atoms with van der Waals surface area (Å²) >= 11 is 0. The van der Waals surface area contributed by atoms with E-state index in [4.69, 9.17) is 15.0 Å². The standard InChI is InChI=1S/C39H78N6/c1-7-13-19-25-31-43(32-26-20-14-8-2)37-40-38(44(33-27-21-15-9-3)34-28-22-16-10-4)42-39(41-37)45(35-29-23-17-11-5)36-30-24-18-12-6/h7-36H2,1-6H3. The molecule has 0 atom stereocenters. The van der Waals surface area contributed by atoms with Crippen LogP contribution in [0.25, 0.3) is 0 Å². The van der Waals surface area contributed by atoms with Gasteiger partial charge in [0.15, 0.2) is 0 Å². The molecule has 0 aliphatic carbocycles. The highest BCUT2D eigenvalue weighted by Crippen LogP contribution is 2.23. The number of rotatable bonds is 33. The SMILES string of the molecule is CCCCCCN(CCCCCC)c1nc(N(CCCCCC)CCCCCC)nc(N(CCCCCC)CCCCCC)n1. The Balaban J connectivity index is 3.49. The van der Waals surface area contributed by atoms with E-state index in [-0.39, 0.29) is 0 Å². The van der Waals surface area contributed by atoms with Gasteiger partial charge in [0, 0.05) is 39.3 Å². The second kappa shape index (κ2) is 29.8. The molecule has 0 amide bonds. The fourth-order valence-corrected chi connectivity index (χ4v) is 6.08. The van der Waals surface area contributed by atoms with E-state index >= 15 is 0 Å². The second-order valence-corrected chi connectivity index (χ2v) is 13.6. The second-order valence-electron chi connectivity index (χ2n) is 13.6. The zero-order chi connectivity index (χ0) is 32.8. The number of aromatic nitrogens is 3. The molecular weight excluding hydrogens is 552 g/mol. The molecule has 0 N–H and O–H groups in total. The van der Waals surface area contributed by atoms with Crippen molar-refractivity contribution in [3.63, 3.8) is 0 Å². The van der Waals surface area contributed by atoms with Gasteiger partial charge >= 0.3 is 0 Å². The predicted octanol–water partition coefficient (Wildman–Crippen LogP) is 11.8. The van der Waals surface area contributed by atoms with Crippen LogP contribution in [0.2, 0.25) is 0 Å². The Kier molecular flexibility index (Phi) is 27.4. The highest BCUT2D eigenvalue weighted by atomic mass is 15.4. The van der Waals surface area contributed by atoms with Crippen molar-refractivity contribution in [2.75, 3.05) is 54.0 Å². The maximum Gasteiger partial charge on any atom is 0.231 e. The van der Waals surface area contributed by atoms with Crippen molar-refractivity contribution in [2.45, 2.75) is 196 Å². The first-order valence-electron chi connectivity index (χ1n) is 20.2. The molecule has 45 heavy (non-hydrogen) atoms. The van der Waals surface area contributed by atoms with Gasteiger partial charge in [-0.25, -0.2) is 0 Å². The fraction of sp³-hybridized carbons (Fsp3) is 0.923. The third kappa shape index (κ3) is 20.3. The van der Waals surface area contributed by atoms with Gasteiger partial charge in [0.25, 0.3) is 0 Å². The lowest BCUT2D eigenvalue weighted by Gasteiger charge is -2.29. The van der Waals surface area contributed by atoms with E-state index in [2.05, 4.69) is 56.2 Å². The Labute approximate surface area is 282 Å². The molecule has 1 rings (SSSR count). The summed E-state index contributed by atoms with van der Waals surface area (Å²) in [6, 6.07) is 0. The molecule has 6 heteroatoms. The monoisotopic (exact) mass is 631 g/mol. The molecule has 6 nitrogen and oxygen atoms in total. The molecule has 1 aromatic heterocycles. The Bertz CT molecular complexity index is 624. The van der Waals surface area contributed by atoms with Crippen molar-refractivity contribution in [2.24, 2.45) is 0 Å². The molecule has 0 saturated heterocycles. The van der Waals surface area contributed by atoms with Gasteiger partial charge in [0.1, 0.15) is 0 Å². The molecule has 1 aromatic rings. The number of hydrogen-bond donors (Lipinski definition) is 0. The van der Waals surface area contributed by atoms with E-state index in [1.165, 1.54) is 154 Å². The van der Waals surface area contributed by atoms with E-state index in [0.717, 1.165) is 57.1 Å². The molecule has 0 bridgehead atoms. The molecule has 0 radical (unpaired) electrons. The van der Waals surface area contributed by atoms with Gasteiger partial charge in [-0.3, -0.25) is 0 Å². The van der Waals surface area contributed by atoms with Gasteiger partial charge in [-0.1, -0.05) is 157 Å². The average Bonchev–Trinajstić information content (AvgIpc) is 3.06. The first-order chi connectivity index (χ1) is 22.1. The Morgan fingerprint density at radius 3 is 0.600 bits per heavy atom. The summed E-state index contributed by atoms with van der Waals surface area (Å²) in [5, 5.41) is 0. The molecule has 1 heterocycles. The zero-order valence-electron chi connectivity index (χ0n) is 31.4. The summed E-state index contributed by atoms with van der Waals surface area (Å²) in [4.78, 5) is 23.6. The molecule has 0 spiro atoms. The van der Waals surface area contributed by atoms with Crippen molar-refractivity contribution in [1.29, 1.82) is 0 Å². The fourth-order valence-electron chi connectivity index (χ4n) is 6.08. The van der Waals surface area contributed by atoms with Crippen molar-refractivity contribution in [1.82, 2.24) is 15.0 Å². The normalized spacial score (nSPS) is 11.3. The minimum atomic E-state index is 0.933. The Morgan fingerprint density at radius 2 is 0.444 bits per heavy atom. The molecule has 0 unspecified atom stereocenters. The average molecular weight is 631 g/mol. The molecule has 0 fully saturated rings. The van der Waals surface area contributed by atoms with Crippen LogP contribution in [0, 0.1) is 0 Å². The predicted molar refractivity (Wildman–Crippen MR) is 201 cm³/mol. The van der Waals surface area contributed by atoms with Crippen LogP contribution in [0.3, 0.4) is 0 Å². The zero-order valence-corrected chi connectivity index (χ0v) is 31.4. The van der Waals surface area contributed by atoms with Crippen LogP contribution in [-0.2, 0) is 0 Å². The Morgan fingerprint density at radius 1 is 0.267 bits per heavy atom. The third-order valence-corrected chi connectivity index (χ3v) is 9.14. The molecule has 264 valence electrons. The minimum absolute atomic E-state index is 0.933. The van der Waals surface area contributed by atoms with E-state index in [1.807, 2.05) is 0 Å². The highest BCUT2D eigenvalue weighted by Gasteiger charge is 2.20. The summed E-state index contributed by atoms with van der Waals surface area (Å²) in [7, 11) is 0. The number of anilines is 3. The summed E-state index contributed by atoms with van der Waals surface area (Å²) in [6.07, 6.45) is 30.5. The lowest BCUT2D eigenvalue weighted by Crippen LogP contribution is -2.34. The topological polar surface area (TPSA) is 48.4 Å². The van der Waals surface area contributed by atoms with Crippen LogP contribution < -0.4 is 14.7 Å². The molecule has 0 aliphatic heterocycles. The first-order valence-corrected chi connectivity index (χ1v) is 20.2. The summed E-state index contributed by atoms with van der Waals surface area (Å²) < 4.78 is 0. The maximum atomic E-state index is 5.33. The lowest BCUT2D eigenvalue weighted by molar-refractivity contribution is 0.582. The summed E-state index contributed by atoms with van der Waals surface area (Å²) in [5.41, 5.74) is 0. The number of nitrogens with zero attached hydrogens (tertiary/aromatic N) is 6. The van der Waals surface area contributed by atoms with E-state index in [0.29, 0.717) is 0 Å². The maximum absolute atomic E-state index is 5.33. The van der Waals surface area contributed by atoms with Crippen molar-refractivity contribution >= 4 is 17.8 Å². The van der Waals surface area contributed by atoms with E-state index in [9.17, 15) is 0 Å². The molecule has 0 aliphatic rings. The highest BCUT2D eigenvalue weighted by molar-refractivity contribution is 5.46. The van der Waals surface area contributed by atoms with E-state index < -0.39 is 0 Å². The molecular formula is C39H78N6. The smallest absolute Gasteiger partial charge is 0.231 e. The summed E-state index contributed by atoms with van der Waals surface area (Å²) in [6.45, 7) is 20.1. The minimum Gasteiger partial charge on any atom is -0.341 e. The van der Waals surface area contributed by atoms with Crippen molar-refractivity contribution in [3.8, 4) is 0 Å². The van der Waals surface area contributed by atoms with Crippen LogP contribution in [0.5, 0.6) is 0 Å². The van der Waals surface area contributed by atoms with Gasteiger partial charge in [0.2, 0.25) is 17.8 Å².